The zero-order valence-electron chi connectivity index (χ0n) is 10.7. The SMILES string of the molecule is CN(CC(=O)Nc1ccc(Cl)cc1)C(=O)c1cscn1. The number of hydrogen-bond donors (Lipinski definition) is 1. The van der Waals surface area contributed by atoms with E-state index in [2.05, 4.69) is 10.3 Å². The number of thiazole rings is 1. The average molecular weight is 310 g/mol. The van der Waals surface area contributed by atoms with Crippen LogP contribution < -0.4 is 5.32 Å². The molecule has 0 saturated carbocycles. The molecule has 1 aromatic carbocycles. The third kappa shape index (κ3) is 3.79. The topological polar surface area (TPSA) is 62.3 Å². The summed E-state index contributed by atoms with van der Waals surface area (Å²) in [5.74, 6) is -0.559. The van der Waals surface area contributed by atoms with Crippen LogP contribution in [-0.4, -0.2) is 35.3 Å². The van der Waals surface area contributed by atoms with E-state index in [-0.39, 0.29) is 18.4 Å². The minimum absolute atomic E-state index is 0.0427. The third-order valence-electron chi connectivity index (χ3n) is 2.51. The molecule has 0 bridgehead atoms. The van der Waals surface area contributed by atoms with Crippen LogP contribution in [0.4, 0.5) is 5.69 Å². The lowest BCUT2D eigenvalue weighted by atomic mass is 10.3. The molecular formula is C13H12ClN3O2S. The molecular weight excluding hydrogens is 298 g/mol. The number of nitrogens with zero attached hydrogens (tertiary/aromatic N) is 2. The minimum Gasteiger partial charge on any atom is -0.331 e. The summed E-state index contributed by atoms with van der Waals surface area (Å²) in [6, 6.07) is 6.76. The number of carbonyl (C=O) groups is 2. The standard InChI is InChI=1S/C13H12ClN3O2S/c1-17(13(19)11-7-20-8-15-11)6-12(18)16-10-4-2-9(14)3-5-10/h2-5,7-8H,6H2,1H3,(H,16,18). The number of amides is 2. The number of rotatable bonds is 4. The predicted octanol–water partition coefficient (Wildman–Crippen LogP) is 2.51. The third-order valence-corrected chi connectivity index (χ3v) is 3.35. The molecule has 0 fully saturated rings. The molecule has 7 heteroatoms. The second kappa shape index (κ2) is 6.49. The van der Waals surface area contributed by atoms with Crippen LogP contribution in [0.1, 0.15) is 10.5 Å². The van der Waals surface area contributed by atoms with Crippen molar-refractivity contribution in [1.29, 1.82) is 0 Å². The van der Waals surface area contributed by atoms with Gasteiger partial charge in [-0.2, -0.15) is 0 Å². The minimum atomic E-state index is -0.280. The number of aromatic nitrogens is 1. The van der Waals surface area contributed by atoms with Crippen molar-refractivity contribution in [2.45, 2.75) is 0 Å². The summed E-state index contributed by atoms with van der Waals surface area (Å²) in [4.78, 5) is 29.0. The molecule has 0 aliphatic carbocycles. The lowest BCUT2D eigenvalue weighted by Crippen LogP contribution is -2.35. The summed E-state index contributed by atoms with van der Waals surface area (Å²) < 4.78 is 0. The Morgan fingerprint density at radius 2 is 2.05 bits per heavy atom. The van der Waals surface area contributed by atoms with E-state index in [1.807, 2.05) is 0 Å². The molecule has 5 nitrogen and oxygen atoms in total. The van der Waals surface area contributed by atoms with Gasteiger partial charge in [-0.05, 0) is 24.3 Å². The van der Waals surface area contributed by atoms with Crippen LogP contribution in [0.15, 0.2) is 35.2 Å². The largest absolute Gasteiger partial charge is 0.331 e. The van der Waals surface area contributed by atoms with Gasteiger partial charge < -0.3 is 10.2 Å². The van der Waals surface area contributed by atoms with Crippen molar-refractivity contribution in [3.8, 4) is 0 Å². The number of anilines is 1. The first-order valence-electron chi connectivity index (χ1n) is 5.75. The maximum atomic E-state index is 11.9. The monoisotopic (exact) mass is 309 g/mol. The maximum absolute atomic E-state index is 11.9. The normalized spacial score (nSPS) is 10.1. The Kier molecular flexibility index (Phi) is 4.70. The van der Waals surface area contributed by atoms with Crippen molar-refractivity contribution in [2.24, 2.45) is 0 Å². The second-order valence-corrected chi connectivity index (χ2v) is 5.25. The van der Waals surface area contributed by atoms with Crippen molar-refractivity contribution >= 4 is 40.4 Å². The molecule has 0 spiro atoms. The number of nitrogens with one attached hydrogen (secondary N) is 1. The molecule has 0 aliphatic heterocycles. The highest BCUT2D eigenvalue weighted by Crippen LogP contribution is 2.13. The van der Waals surface area contributed by atoms with E-state index in [4.69, 9.17) is 11.6 Å². The lowest BCUT2D eigenvalue weighted by Gasteiger charge is -2.15. The van der Waals surface area contributed by atoms with Crippen molar-refractivity contribution in [1.82, 2.24) is 9.88 Å². The van der Waals surface area contributed by atoms with Gasteiger partial charge in [-0.3, -0.25) is 9.59 Å². The number of likely N-dealkylation sites (N-methyl/N-ethyl adjacent to an activating group) is 1. The molecule has 0 unspecified atom stereocenters. The summed E-state index contributed by atoms with van der Waals surface area (Å²) in [7, 11) is 1.56. The molecule has 0 radical (unpaired) electrons. The van der Waals surface area contributed by atoms with Gasteiger partial charge in [0.2, 0.25) is 5.91 Å². The Balaban J connectivity index is 1.91. The highest BCUT2D eigenvalue weighted by atomic mass is 35.5. The number of halogens is 1. The zero-order chi connectivity index (χ0) is 14.5. The number of benzene rings is 1. The second-order valence-electron chi connectivity index (χ2n) is 4.09. The summed E-state index contributed by atoms with van der Waals surface area (Å²) in [6.45, 7) is -0.0427. The van der Waals surface area contributed by atoms with Crippen molar-refractivity contribution in [3.05, 3.63) is 45.9 Å². The molecule has 1 aromatic heterocycles. The summed E-state index contributed by atoms with van der Waals surface area (Å²) in [6.07, 6.45) is 0. The van der Waals surface area contributed by atoms with Gasteiger partial charge in [0.25, 0.3) is 5.91 Å². The molecule has 104 valence electrons. The van der Waals surface area contributed by atoms with Crippen LogP contribution in [0.2, 0.25) is 5.02 Å². The number of hydrogen-bond acceptors (Lipinski definition) is 4. The van der Waals surface area contributed by atoms with Crippen molar-refractivity contribution in [3.63, 3.8) is 0 Å². The molecule has 2 rings (SSSR count). The van der Waals surface area contributed by atoms with Gasteiger partial charge in [0.15, 0.2) is 0 Å². The van der Waals surface area contributed by atoms with Crippen LogP contribution in [0.25, 0.3) is 0 Å². The molecule has 0 aliphatic rings. The van der Waals surface area contributed by atoms with Crippen molar-refractivity contribution < 1.29 is 9.59 Å². The van der Waals surface area contributed by atoms with E-state index in [0.29, 0.717) is 16.4 Å². The zero-order valence-corrected chi connectivity index (χ0v) is 12.2. The molecule has 1 N–H and O–H groups in total. The predicted molar refractivity (Wildman–Crippen MR) is 79.2 cm³/mol. The fourth-order valence-electron chi connectivity index (χ4n) is 1.53. The average Bonchev–Trinajstić information content (AvgIpc) is 2.94. The van der Waals surface area contributed by atoms with Crippen molar-refractivity contribution in [2.75, 3.05) is 18.9 Å². The Labute approximate surface area is 125 Å². The molecule has 2 amide bonds. The van der Waals surface area contributed by atoms with Gasteiger partial charge in [-0.1, -0.05) is 11.6 Å². The van der Waals surface area contributed by atoms with E-state index < -0.39 is 0 Å². The van der Waals surface area contributed by atoms with E-state index in [1.165, 1.54) is 16.2 Å². The van der Waals surface area contributed by atoms with Gasteiger partial charge in [0, 0.05) is 23.1 Å². The first kappa shape index (κ1) is 14.5. The molecule has 20 heavy (non-hydrogen) atoms. The Morgan fingerprint density at radius 3 is 2.65 bits per heavy atom. The van der Waals surface area contributed by atoms with Crippen LogP contribution in [-0.2, 0) is 4.79 Å². The highest BCUT2D eigenvalue weighted by molar-refractivity contribution is 7.07. The Morgan fingerprint density at radius 1 is 1.35 bits per heavy atom. The van der Waals surface area contributed by atoms with Crippen LogP contribution >= 0.6 is 22.9 Å². The first-order valence-corrected chi connectivity index (χ1v) is 7.07. The maximum Gasteiger partial charge on any atom is 0.273 e. The molecule has 0 saturated heterocycles. The molecule has 2 aromatic rings. The number of carbonyl (C=O) groups excluding carboxylic acids is 2. The Bertz CT molecular complexity index is 599. The van der Waals surface area contributed by atoms with Gasteiger partial charge in [0.05, 0.1) is 12.1 Å². The smallest absolute Gasteiger partial charge is 0.273 e. The quantitative estimate of drug-likeness (QED) is 0.944. The highest BCUT2D eigenvalue weighted by Gasteiger charge is 2.16. The fourth-order valence-corrected chi connectivity index (χ4v) is 2.19. The summed E-state index contributed by atoms with van der Waals surface area (Å²) >= 11 is 7.10. The fraction of sp³-hybridized carbons (Fsp3) is 0.154. The van der Waals surface area contributed by atoms with Crippen LogP contribution in [0.3, 0.4) is 0 Å². The van der Waals surface area contributed by atoms with E-state index >= 15 is 0 Å². The van der Waals surface area contributed by atoms with Gasteiger partial charge in [-0.25, -0.2) is 4.98 Å². The molecule has 1 heterocycles. The van der Waals surface area contributed by atoms with E-state index in [9.17, 15) is 9.59 Å². The molecule has 0 atom stereocenters. The summed E-state index contributed by atoms with van der Waals surface area (Å²) in [5.41, 5.74) is 2.56. The van der Waals surface area contributed by atoms with Gasteiger partial charge in [-0.15, -0.1) is 11.3 Å². The summed E-state index contributed by atoms with van der Waals surface area (Å²) in [5, 5.41) is 4.94. The van der Waals surface area contributed by atoms with Gasteiger partial charge >= 0.3 is 0 Å². The van der Waals surface area contributed by atoms with Crippen LogP contribution in [0, 0.1) is 0 Å². The lowest BCUT2D eigenvalue weighted by molar-refractivity contribution is -0.116. The van der Waals surface area contributed by atoms with E-state index in [1.54, 1.807) is 42.2 Å². The van der Waals surface area contributed by atoms with Gasteiger partial charge in [0.1, 0.15) is 5.69 Å². The first-order chi connectivity index (χ1) is 9.56. The van der Waals surface area contributed by atoms with E-state index in [0.717, 1.165) is 0 Å². The Hall–Kier alpha value is -1.92. The van der Waals surface area contributed by atoms with Crippen LogP contribution in [0.5, 0.6) is 0 Å².